The summed E-state index contributed by atoms with van der Waals surface area (Å²) in [6.45, 7) is 8.61. The van der Waals surface area contributed by atoms with Crippen molar-refractivity contribution < 1.29 is 0 Å². The molecule has 0 bridgehead atoms. The van der Waals surface area contributed by atoms with Crippen molar-refractivity contribution in [1.82, 2.24) is 19.4 Å². The van der Waals surface area contributed by atoms with E-state index >= 15 is 0 Å². The molecule has 1 unspecified atom stereocenters. The largest absolute Gasteiger partial charge is 0.364 e. The molecule has 1 heterocycles. The third kappa shape index (κ3) is 7.38. The van der Waals surface area contributed by atoms with E-state index < -0.39 is 7.51 Å². The second kappa shape index (κ2) is 12.6. The zero-order valence-electron chi connectivity index (χ0n) is 25.4. The van der Waals surface area contributed by atoms with Crippen LogP contribution in [0.3, 0.4) is 0 Å². The van der Waals surface area contributed by atoms with Gasteiger partial charge in [0.2, 0.25) is 7.51 Å². The average molecular weight is 532 g/mol. The molecule has 1 aliphatic heterocycles. The molecule has 0 radical (unpaired) electrons. The topological polar surface area (TPSA) is 40.9 Å². The van der Waals surface area contributed by atoms with Gasteiger partial charge in [-0.1, -0.05) is 37.8 Å². The van der Waals surface area contributed by atoms with Gasteiger partial charge in [-0.2, -0.15) is 4.76 Å². The molecule has 2 aliphatic rings. The second-order valence-corrected chi connectivity index (χ2v) is 15.2. The van der Waals surface area contributed by atoms with Gasteiger partial charge in [0.05, 0.1) is 5.54 Å². The Morgan fingerprint density at radius 1 is 0.865 bits per heavy atom. The molecule has 0 N–H and O–H groups in total. The Bertz CT molecular complexity index is 930. The molecule has 1 aliphatic carbocycles. The predicted octanol–water partition coefficient (Wildman–Crippen LogP) is 6.42. The average Bonchev–Trinajstić information content (AvgIpc) is 3.08. The molecule has 3 rings (SSSR count). The van der Waals surface area contributed by atoms with Crippen LogP contribution >= 0.6 is 7.51 Å². The second-order valence-electron chi connectivity index (χ2n) is 12.6. The van der Waals surface area contributed by atoms with Crippen LogP contribution in [0, 0.1) is 0 Å². The van der Waals surface area contributed by atoms with Gasteiger partial charge in [-0.25, -0.2) is 9.42 Å². The number of anilines is 1. The molecule has 1 saturated heterocycles. The van der Waals surface area contributed by atoms with Gasteiger partial charge in [-0.15, -0.1) is 0 Å². The Hall–Kier alpha value is -1.40. The Balaban J connectivity index is 2.16. The molecule has 210 valence electrons. The first-order valence-corrected chi connectivity index (χ1v) is 15.8. The van der Waals surface area contributed by atoms with E-state index in [0.29, 0.717) is 5.92 Å². The highest BCUT2D eigenvalue weighted by atomic mass is 31.2. The van der Waals surface area contributed by atoms with Gasteiger partial charge in [0, 0.05) is 32.9 Å². The monoisotopic (exact) mass is 531 g/mol. The highest BCUT2D eigenvalue weighted by Crippen LogP contribution is 2.62. The summed E-state index contributed by atoms with van der Waals surface area (Å²) in [4.78, 5) is 6.66. The maximum atomic E-state index is 5.71. The number of amidine groups is 1. The third-order valence-electron chi connectivity index (χ3n) is 7.49. The molecule has 8 heteroatoms. The number of rotatable bonds is 6. The smallest absolute Gasteiger partial charge is 0.238 e. The third-order valence-corrected chi connectivity index (χ3v) is 11.0. The minimum atomic E-state index is -2.45. The molecular weight excluding hydrogens is 477 g/mol. The molecule has 0 spiro atoms. The zero-order valence-corrected chi connectivity index (χ0v) is 26.3. The number of hydrogen-bond donors (Lipinski definition) is 0. The number of benzene rings is 1. The van der Waals surface area contributed by atoms with E-state index in [9.17, 15) is 0 Å². The van der Waals surface area contributed by atoms with Gasteiger partial charge >= 0.3 is 0 Å². The lowest BCUT2D eigenvalue weighted by molar-refractivity contribution is 0.179. The van der Waals surface area contributed by atoms with E-state index in [-0.39, 0.29) is 11.7 Å². The fourth-order valence-electron chi connectivity index (χ4n) is 5.84. The van der Waals surface area contributed by atoms with Gasteiger partial charge in [0.1, 0.15) is 12.0 Å². The summed E-state index contributed by atoms with van der Waals surface area (Å²) in [7, 11) is 12.5. The predicted molar refractivity (Wildman–Crippen MR) is 163 cm³/mol. The number of hydrogen-bond acceptors (Lipinski definition) is 3. The van der Waals surface area contributed by atoms with Crippen LogP contribution in [0.25, 0.3) is 0 Å². The van der Waals surface area contributed by atoms with E-state index in [1.807, 2.05) is 0 Å². The fraction of sp³-hybridized carbons (Fsp3) is 0.759. The molecule has 1 atom stereocenters. The maximum absolute atomic E-state index is 5.71. The van der Waals surface area contributed by atoms with Gasteiger partial charge in [-0.3, -0.25) is 9.80 Å². The summed E-state index contributed by atoms with van der Waals surface area (Å²) in [5.74, 6) is 1.75. The highest BCUT2D eigenvalue weighted by molar-refractivity contribution is 7.64. The Labute approximate surface area is 228 Å². The summed E-state index contributed by atoms with van der Waals surface area (Å²) < 4.78 is 16.3. The first-order chi connectivity index (χ1) is 17.4. The first-order valence-electron chi connectivity index (χ1n) is 14.2. The summed E-state index contributed by atoms with van der Waals surface area (Å²) in [5, 5.41) is 0. The van der Waals surface area contributed by atoms with Crippen LogP contribution in [-0.2, 0) is 0 Å². The van der Waals surface area contributed by atoms with Crippen LogP contribution in [0.15, 0.2) is 33.8 Å². The van der Waals surface area contributed by atoms with Gasteiger partial charge in [-0.05, 0) is 98.9 Å². The molecule has 2 fully saturated rings. The molecule has 37 heavy (non-hydrogen) atoms. The zero-order chi connectivity index (χ0) is 27.4. The van der Waals surface area contributed by atoms with Crippen molar-refractivity contribution in [2.75, 3.05) is 67.1 Å². The van der Waals surface area contributed by atoms with Crippen LogP contribution < -0.4 is 4.67 Å². The number of likely N-dealkylation sites (N-methyl/N-ethyl adjacent to an activating group) is 3. The molecule has 1 aromatic carbocycles. The summed E-state index contributed by atoms with van der Waals surface area (Å²) in [5.41, 5.74) is 2.54. The molecule has 0 amide bonds. The van der Waals surface area contributed by atoms with Crippen LogP contribution in [0.5, 0.6) is 0 Å². The minimum Gasteiger partial charge on any atom is -0.364 e. The molecule has 1 saturated carbocycles. The maximum Gasteiger partial charge on any atom is 0.238 e. The van der Waals surface area contributed by atoms with E-state index in [2.05, 4.69) is 118 Å². The SMILES string of the molecule is CN(C)C(=NP1(=NC(C)(C)C)N(C)CCCN1c1ccc(C2CCCCCC2)cc1)C(N(C)C)N(C)C. The molecular formula is C29H54N7P. The first kappa shape index (κ1) is 30.1. The van der Waals surface area contributed by atoms with Crippen molar-refractivity contribution >= 4 is 19.0 Å². The van der Waals surface area contributed by atoms with Gasteiger partial charge < -0.3 is 9.57 Å². The Morgan fingerprint density at radius 2 is 1.43 bits per heavy atom. The van der Waals surface area contributed by atoms with E-state index in [1.165, 1.54) is 49.8 Å². The van der Waals surface area contributed by atoms with Crippen LogP contribution in [0.2, 0.25) is 0 Å². The van der Waals surface area contributed by atoms with Gasteiger partial charge in [0.25, 0.3) is 0 Å². The van der Waals surface area contributed by atoms with Crippen molar-refractivity contribution in [3.63, 3.8) is 0 Å². The van der Waals surface area contributed by atoms with Crippen molar-refractivity contribution in [3.05, 3.63) is 29.8 Å². The lowest BCUT2D eigenvalue weighted by Crippen LogP contribution is -2.52. The summed E-state index contributed by atoms with van der Waals surface area (Å²) in [6.07, 6.45) is 9.33. The van der Waals surface area contributed by atoms with Crippen molar-refractivity contribution in [1.29, 1.82) is 0 Å². The molecule has 0 aromatic heterocycles. The van der Waals surface area contributed by atoms with Gasteiger partial charge in [0.15, 0.2) is 0 Å². The van der Waals surface area contributed by atoms with Crippen LogP contribution in [0.1, 0.15) is 77.2 Å². The normalized spacial score (nSPS) is 23.2. The Morgan fingerprint density at radius 3 is 1.92 bits per heavy atom. The summed E-state index contributed by atoms with van der Waals surface area (Å²) >= 11 is 0. The fourth-order valence-corrected chi connectivity index (χ4v) is 9.40. The number of nitrogens with zero attached hydrogens (tertiary/aromatic N) is 7. The van der Waals surface area contributed by atoms with Crippen LogP contribution in [0.4, 0.5) is 5.69 Å². The molecule has 1 aromatic rings. The quantitative estimate of drug-likeness (QED) is 0.139. The van der Waals surface area contributed by atoms with E-state index in [1.54, 1.807) is 0 Å². The standard InChI is InChI=1S/C29H54N7P/c1-29(2,3)31-37(30-27(32(4)5)28(33(6)7)34(8)9)35(10)22-15-23-36(37)26-20-18-25(19-21-26)24-16-13-11-12-14-17-24/h18-21,24,28H,11-17,22-23H2,1-10H3. The summed E-state index contributed by atoms with van der Waals surface area (Å²) in [6, 6.07) is 9.49. The highest BCUT2D eigenvalue weighted by Gasteiger charge is 2.40. The molecule has 7 nitrogen and oxygen atoms in total. The van der Waals surface area contributed by atoms with E-state index in [0.717, 1.165) is 25.3 Å². The van der Waals surface area contributed by atoms with E-state index in [4.69, 9.17) is 9.51 Å². The lowest BCUT2D eigenvalue weighted by Gasteiger charge is -2.47. The van der Waals surface area contributed by atoms with Crippen LogP contribution in [-0.4, -0.2) is 99.3 Å². The lowest BCUT2D eigenvalue weighted by atomic mass is 9.92. The Kier molecular flexibility index (Phi) is 10.3. The van der Waals surface area contributed by atoms with Crippen molar-refractivity contribution in [2.24, 2.45) is 9.51 Å². The minimum absolute atomic E-state index is 0.0526. The van der Waals surface area contributed by atoms with Crippen molar-refractivity contribution in [2.45, 2.75) is 83.3 Å². The van der Waals surface area contributed by atoms with Crippen molar-refractivity contribution in [3.8, 4) is 0 Å².